The molecule has 0 fully saturated rings. The number of carbonyl (C=O) groups excluding carboxylic acids is 1. The standard InChI is InChI=1S/C25H38N4O2S4/c1-6-7-14-31-15-9-8-13-29-16-21(20-11-10-12-26-23(20)29)22(30)19(17-34-24(32)27(2)3)18-35-25(33)28(4)5/h10-12,16,19H,6-9,13-15,17-18H2,1-5H3. The summed E-state index contributed by atoms with van der Waals surface area (Å²) >= 11 is 14.0. The fraction of sp³-hybridized carbons (Fsp3) is 0.600. The number of Topliss-reactive ketones (excluding diaryl/α,β-unsaturated/α-hetero) is 1. The Labute approximate surface area is 229 Å². The second kappa shape index (κ2) is 15.8. The van der Waals surface area contributed by atoms with Crippen LogP contribution in [-0.4, -0.2) is 86.7 Å². The van der Waals surface area contributed by atoms with E-state index in [1.165, 1.54) is 0 Å². The molecule has 0 bridgehead atoms. The van der Waals surface area contributed by atoms with Crippen LogP contribution in [0.3, 0.4) is 0 Å². The van der Waals surface area contributed by atoms with Gasteiger partial charge in [0.05, 0.1) is 0 Å². The van der Waals surface area contributed by atoms with Gasteiger partial charge in [0.2, 0.25) is 0 Å². The van der Waals surface area contributed by atoms with E-state index in [0.29, 0.717) is 11.5 Å². The Bertz CT molecular complexity index is 954. The number of thioether (sulfide) groups is 2. The smallest absolute Gasteiger partial charge is 0.169 e. The average molecular weight is 555 g/mol. The van der Waals surface area contributed by atoms with Crippen LogP contribution in [0, 0.1) is 5.92 Å². The van der Waals surface area contributed by atoms with Gasteiger partial charge in [0.25, 0.3) is 0 Å². The van der Waals surface area contributed by atoms with Crippen LogP contribution in [0.1, 0.15) is 43.0 Å². The van der Waals surface area contributed by atoms with Gasteiger partial charge in [-0.3, -0.25) is 4.79 Å². The number of fused-ring (bicyclic) bond motifs is 1. The molecule has 0 unspecified atom stereocenters. The Morgan fingerprint density at radius 2 is 1.69 bits per heavy atom. The van der Waals surface area contributed by atoms with Gasteiger partial charge in [-0.05, 0) is 31.4 Å². The topological polar surface area (TPSA) is 50.6 Å². The number of hydrogen-bond acceptors (Lipinski definition) is 7. The summed E-state index contributed by atoms with van der Waals surface area (Å²) in [6.45, 7) is 4.57. The van der Waals surface area contributed by atoms with Gasteiger partial charge in [0.15, 0.2) is 5.78 Å². The molecular weight excluding hydrogens is 517 g/mol. The highest BCUT2D eigenvalue weighted by Crippen LogP contribution is 2.27. The number of rotatable bonds is 14. The van der Waals surface area contributed by atoms with Crippen LogP contribution in [0.25, 0.3) is 11.0 Å². The summed E-state index contributed by atoms with van der Waals surface area (Å²) in [5.74, 6) is 1.13. The molecule has 0 aliphatic heterocycles. The first-order valence-corrected chi connectivity index (χ1v) is 14.8. The van der Waals surface area contributed by atoms with Crippen molar-refractivity contribution in [3.63, 3.8) is 0 Å². The molecule has 0 N–H and O–H groups in total. The quantitative estimate of drug-likeness (QED) is 0.169. The Kier molecular flexibility index (Phi) is 13.6. The van der Waals surface area contributed by atoms with E-state index in [2.05, 4.69) is 16.5 Å². The van der Waals surface area contributed by atoms with E-state index in [9.17, 15) is 4.79 Å². The highest BCUT2D eigenvalue weighted by molar-refractivity contribution is 8.23. The highest BCUT2D eigenvalue weighted by Gasteiger charge is 2.26. The third-order valence-electron chi connectivity index (χ3n) is 5.40. The SMILES string of the molecule is CCCCOCCCCn1cc(C(=O)C(CSC(=S)N(C)C)CSC(=S)N(C)C)c2cccnc21. The molecule has 0 radical (unpaired) electrons. The molecule has 0 spiro atoms. The van der Waals surface area contributed by atoms with E-state index in [1.807, 2.05) is 56.3 Å². The zero-order valence-electron chi connectivity index (χ0n) is 21.5. The summed E-state index contributed by atoms with van der Waals surface area (Å²) in [5, 5.41) is 0.905. The lowest BCUT2D eigenvalue weighted by molar-refractivity contribution is 0.0946. The summed E-state index contributed by atoms with van der Waals surface area (Å²) < 4.78 is 9.34. The minimum atomic E-state index is -0.216. The van der Waals surface area contributed by atoms with E-state index in [-0.39, 0.29) is 11.7 Å². The zero-order chi connectivity index (χ0) is 25.8. The van der Waals surface area contributed by atoms with Crippen molar-refractivity contribution < 1.29 is 9.53 Å². The van der Waals surface area contributed by atoms with E-state index >= 15 is 0 Å². The summed E-state index contributed by atoms with van der Waals surface area (Å²) in [6, 6.07) is 3.89. The van der Waals surface area contributed by atoms with Crippen molar-refractivity contribution in [2.45, 2.75) is 39.2 Å². The molecule has 2 rings (SSSR count). The molecule has 2 heterocycles. The number of carbonyl (C=O) groups is 1. The van der Waals surface area contributed by atoms with Crippen molar-refractivity contribution in [2.24, 2.45) is 5.92 Å². The molecule has 2 aromatic rings. The van der Waals surface area contributed by atoms with Gasteiger partial charge in [-0.1, -0.05) is 61.3 Å². The molecule has 0 saturated heterocycles. The minimum Gasteiger partial charge on any atom is -0.381 e. The molecule has 6 nitrogen and oxygen atoms in total. The van der Waals surface area contributed by atoms with E-state index < -0.39 is 0 Å². The van der Waals surface area contributed by atoms with Gasteiger partial charge < -0.3 is 19.1 Å². The van der Waals surface area contributed by atoms with Crippen LogP contribution in [0.4, 0.5) is 0 Å². The molecular formula is C25H38N4O2S4. The fourth-order valence-electron chi connectivity index (χ4n) is 3.35. The fourth-order valence-corrected chi connectivity index (χ4v) is 5.65. The zero-order valence-corrected chi connectivity index (χ0v) is 24.8. The monoisotopic (exact) mass is 554 g/mol. The predicted molar refractivity (Wildman–Crippen MR) is 160 cm³/mol. The minimum absolute atomic E-state index is 0.118. The highest BCUT2D eigenvalue weighted by atomic mass is 32.2. The molecule has 0 aliphatic rings. The molecule has 35 heavy (non-hydrogen) atoms. The number of nitrogens with zero attached hydrogens (tertiary/aromatic N) is 4. The van der Waals surface area contributed by atoms with Crippen LogP contribution in [0.15, 0.2) is 24.5 Å². The van der Waals surface area contributed by atoms with Crippen molar-refractivity contribution >= 4 is 73.4 Å². The number of hydrogen-bond donors (Lipinski definition) is 0. The first-order valence-electron chi connectivity index (χ1n) is 12.0. The molecule has 10 heteroatoms. The van der Waals surface area contributed by atoms with Gasteiger partial charge in [0, 0.05) is 88.7 Å². The second-order valence-corrected chi connectivity index (χ2v) is 12.1. The molecule has 194 valence electrons. The Balaban J connectivity index is 2.17. The Morgan fingerprint density at radius 3 is 2.29 bits per heavy atom. The third kappa shape index (κ3) is 9.64. The van der Waals surface area contributed by atoms with Gasteiger partial charge in [-0.25, -0.2) is 4.98 Å². The average Bonchev–Trinajstić information content (AvgIpc) is 3.21. The van der Waals surface area contributed by atoms with Gasteiger partial charge in [-0.2, -0.15) is 0 Å². The number of unbranched alkanes of at least 4 members (excludes halogenated alkanes) is 2. The molecule has 0 aromatic carbocycles. The van der Waals surface area contributed by atoms with Crippen molar-refractivity contribution in [3.8, 4) is 0 Å². The van der Waals surface area contributed by atoms with E-state index in [4.69, 9.17) is 29.2 Å². The lowest BCUT2D eigenvalue weighted by Crippen LogP contribution is -2.25. The summed E-state index contributed by atoms with van der Waals surface area (Å²) in [4.78, 5) is 22.2. The lowest BCUT2D eigenvalue weighted by atomic mass is 10.0. The summed E-state index contributed by atoms with van der Waals surface area (Å²) in [5.41, 5.74) is 1.58. The Morgan fingerprint density at radius 1 is 1.06 bits per heavy atom. The maximum absolute atomic E-state index is 13.8. The maximum atomic E-state index is 13.8. The maximum Gasteiger partial charge on any atom is 0.169 e. The van der Waals surface area contributed by atoms with Gasteiger partial charge >= 0.3 is 0 Å². The number of ether oxygens (including phenoxy) is 1. The van der Waals surface area contributed by atoms with Crippen LogP contribution in [0.2, 0.25) is 0 Å². The number of ketones is 1. The number of aromatic nitrogens is 2. The Hall–Kier alpha value is -1.20. The van der Waals surface area contributed by atoms with Crippen LogP contribution < -0.4 is 0 Å². The normalized spacial score (nSPS) is 11.3. The molecule has 0 atom stereocenters. The van der Waals surface area contributed by atoms with Crippen LogP contribution in [-0.2, 0) is 11.3 Å². The number of thiocarbonyl (C=S) groups is 2. The largest absolute Gasteiger partial charge is 0.381 e. The number of pyridine rings is 1. The van der Waals surface area contributed by atoms with E-state index in [1.54, 1.807) is 29.7 Å². The van der Waals surface area contributed by atoms with Crippen molar-refractivity contribution in [2.75, 3.05) is 52.9 Å². The second-order valence-electron chi connectivity index (χ2n) is 8.79. The van der Waals surface area contributed by atoms with Crippen molar-refractivity contribution in [1.29, 1.82) is 0 Å². The van der Waals surface area contributed by atoms with Crippen LogP contribution in [0.5, 0.6) is 0 Å². The summed E-state index contributed by atoms with van der Waals surface area (Å²) in [6.07, 6.45) is 7.98. The first-order chi connectivity index (χ1) is 16.8. The predicted octanol–water partition coefficient (Wildman–Crippen LogP) is 5.59. The number of aryl methyl sites for hydroxylation is 1. The van der Waals surface area contributed by atoms with Crippen molar-refractivity contribution in [1.82, 2.24) is 19.4 Å². The molecule has 2 aromatic heterocycles. The van der Waals surface area contributed by atoms with E-state index in [0.717, 1.165) is 70.7 Å². The molecule has 0 aliphatic carbocycles. The van der Waals surface area contributed by atoms with Crippen LogP contribution >= 0.6 is 48.0 Å². The first kappa shape index (κ1) is 30.0. The lowest BCUT2D eigenvalue weighted by Gasteiger charge is -2.19. The van der Waals surface area contributed by atoms with Crippen molar-refractivity contribution in [3.05, 3.63) is 30.1 Å². The molecule has 0 saturated carbocycles. The van der Waals surface area contributed by atoms with Gasteiger partial charge in [0.1, 0.15) is 14.3 Å². The molecule has 0 amide bonds. The summed E-state index contributed by atoms with van der Waals surface area (Å²) in [7, 11) is 7.71. The third-order valence-corrected chi connectivity index (χ3v) is 9.20. The van der Waals surface area contributed by atoms with Gasteiger partial charge in [-0.15, -0.1) is 0 Å².